The first kappa shape index (κ1) is 55.6. The highest BCUT2D eigenvalue weighted by atomic mass is 16.3. The van der Waals surface area contributed by atoms with E-state index in [0.717, 1.165) is 67.2 Å². The van der Waals surface area contributed by atoms with Crippen molar-refractivity contribution in [2.75, 3.05) is 9.80 Å². The molecule has 0 N–H and O–H groups in total. The lowest BCUT2D eigenvalue weighted by Crippen LogP contribution is -2.28. The Labute approximate surface area is 559 Å². The zero-order valence-corrected chi connectivity index (χ0v) is 53.3. The highest BCUT2D eigenvalue weighted by Crippen LogP contribution is 2.60. The van der Waals surface area contributed by atoms with Gasteiger partial charge >= 0.3 is 0 Å². The fourth-order valence-electron chi connectivity index (χ4n) is 17.1. The van der Waals surface area contributed by atoms with Gasteiger partial charge in [0, 0.05) is 44.6 Å². The van der Waals surface area contributed by atoms with Gasteiger partial charge in [0.2, 0.25) is 0 Å². The normalized spacial score (nSPS) is 15.0. The molecule has 0 bridgehead atoms. The van der Waals surface area contributed by atoms with Crippen molar-refractivity contribution in [3.8, 4) is 44.5 Å². The third kappa shape index (κ3) is 8.14. The van der Waals surface area contributed by atoms with Crippen LogP contribution in [0.2, 0.25) is 0 Å². The Balaban J connectivity index is 0.853. The quantitative estimate of drug-likeness (QED) is 0.129. The SMILES string of the molecule is CC1(C)c2ccccc2-c2ccc(N(c3ccccc3)c3cc(N(c4ccccc4)c4ccc5c(c4)C(c4ccccc4)(c4ccccc4)c4ccccc4-5)cc4c3oc3ccc(-c5ccc6c(c5)-c5ccccc5C6(c5ccccc5)c5ccc6ccccc6c5)cc34)cc21. The minimum absolute atomic E-state index is 0.234. The van der Waals surface area contributed by atoms with Crippen LogP contribution in [-0.2, 0) is 16.2 Å². The summed E-state index contributed by atoms with van der Waals surface area (Å²) < 4.78 is 7.47. The molecule has 96 heavy (non-hydrogen) atoms. The van der Waals surface area contributed by atoms with Gasteiger partial charge in [0.1, 0.15) is 5.58 Å². The lowest BCUT2D eigenvalue weighted by atomic mass is 9.67. The number of anilines is 6. The Hall–Kier alpha value is -12.0. The van der Waals surface area contributed by atoms with Crippen LogP contribution in [0.3, 0.4) is 0 Å². The van der Waals surface area contributed by atoms with Crippen molar-refractivity contribution < 1.29 is 4.42 Å². The Kier molecular flexibility index (Phi) is 12.5. The van der Waals surface area contributed by atoms with Crippen LogP contribution in [0.4, 0.5) is 34.1 Å². The summed E-state index contributed by atoms with van der Waals surface area (Å²) in [6.07, 6.45) is 0. The number of rotatable bonds is 11. The van der Waals surface area contributed by atoms with Crippen LogP contribution >= 0.6 is 0 Å². The van der Waals surface area contributed by atoms with E-state index in [1.54, 1.807) is 0 Å². The molecule has 452 valence electrons. The monoisotopic (exact) mass is 1220 g/mol. The number of fused-ring (bicyclic) bond motifs is 13. The molecular weight excluding hydrogens is 1160 g/mol. The summed E-state index contributed by atoms with van der Waals surface area (Å²) in [4.78, 5) is 4.90. The van der Waals surface area contributed by atoms with Gasteiger partial charge in [0.25, 0.3) is 0 Å². The second-order valence-electron chi connectivity index (χ2n) is 26.6. The number of furan rings is 1. The van der Waals surface area contributed by atoms with Gasteiger partial charge in [0.05, 0.1) is 16.5 Å². The fourth-order valence-corrected chi connectivity index (χ4v) is 17.1. The summed E-state index contributed by atoms with van der Waals surface area (Å²) in [5.41, 5.74) is 28.7. The van der Waals surface area contributed by atoms with E-state index in [-0.39, 0.29) is 5.41 Å². The topological polar surface area (TPSA) is 19.6 Å². The lowest BCUT2D eigenvalue weighted by molar-refractivity contribution is 0.660. The molecule has 0 radical (unpaired) electrons. The van der Waals surface area contributed by atoms with E-state index >= 15 is 0 Å². The first-order valence-corrected chi connectivity index (χ1v) is 33.5. The molecule has 0 spiro atoms. The van der Waals surface area contributed by atoms with Crippen molar-refractivity contribution in [1.82, 2.24) is 0 Å². The largest absolute Gasteiger partial charge is 0.454 e. The summed E-state index contributed by atoms with van der Waals surface area (Å²) in [6.45, 7) is 4.73. The Morgan fingerprint density at radius 3 is 1.34 bits per heavy atom. The molecule has 3 heteroatoms. The number of nitrogens with zero attached hydrogens (tertiary/aromatic N) is 2. The van der Waals surface area contributed by atoms with Crippen LogP contribution in [0, 0.1) is 0 Å². The summed E-state index contributed by atoms with van der Waals surface area (Å²) in [6, 6.07) is 131. The van der Waals surface area contributed by atoms with Gasteiger partial charge in [0.15, 0.2) is 5.58 Å². The van der Waals surface area contributed by atoms with E-state index in [1.165, 1.54) is 99.8 Å². The molecule has 15 aromatic carbocycles. The molecule has 0 amide bonds. The molecule has 1 atom stereocenters. The predicted octanol–water partition coefficient (Wildman–Crippen LogP) is 24.4. The Morgan fingerprint density at radius 1 is 0.250 bits per heavy atom. The number of para-hydroxylation sites is 2. The molecule has 3 nitrogen and oxygen atoms in total. The standard InChI is InChI=1S/C93H64N2O/c1-91(2)82-41-23-20-38-74(82)77-50-49-72(58-86(77)91)95(70-36-16-7-17-37-70)88-60-73(94(69-34-14-6-15-35-69)71-48-51-78-75-39-21-24-42-83(75)92(87(78)59-71,65-28-8-3-9-29-65)66-30-10-4-11-31-66)57-81-80-56-64(46-53-89(80)96-90(81)88)63-45-52-85-79(55-63)76-40-22-25-43-84(76)93(85,67-32-12-5-13-33-67)68-47-44-61-26-18-19-27-62(61)54-68/h3-60H,1-2H3. The summed E-state index contributed by atoms with van der Waals surface area (Å²) in [5.74, 6) is 0. The molecule has 1 unspecified atom stereocenters. The number of hydrogen-bond acceptors (Lipinski definition) is 3. The maximum atomic E-state index is 7.47. The van der Waals surface area contributed by atoms with Crippen LogP contribution in [0.15, 0.2) is 356 Å². The minimum atomic E-state index is -0.608. The zero-order chi connectivity index (χ0) is 63.7. The predicted molar refractivity (Wildman–Crippen MR) is 398 cm³/mol. The fraction of sp³-hybridized carbons (Fsp3) is 0.0538. The van der Waals surface area contributed by atoms with E-state index in [9.17, 15) is 0 Å². The lowest BCUT2D eigenvalue weighted by Gasteiger charge is -2.35. The van der Waals surface area contributed by atoms with Gasteiger partial charge in [-0.1, -0.05) is 281 Å². The van der Waals surface area contributed by atoms with Crippen molar-refractivity contribution in [2.24, 2.45) is 0 Å². The van der Waals surface area contributed by atoms with E-state index in [2.05, 4.69) is 375 Å². The molecule has 0 aliphatic heterocycles. The van der Waals surface area contributed by atoms with E-state index in [1.807, 2.05) is 0 Å². The first-order valence-electron chi connectivity index (χ1n) is 33.5. The molecule has 1 heterocycles. The molecule has 0 saturated heterocycles. The third-order valence-electron chi connectivity index (χ3n) is 21.4. The van der Waals surface area contributed by atoms with Crippen molar-refractivity contribution >= 4 is 66.8 Å². The summed E-state index contributed by atoms with van der Waals surface area (Å²) in [7, 11) is 0. The second-order valence-corrected chi connectivity index (χ2v) is 26.6. The molecule has 3 aliphatic carbocycles. The molecule has 19 rings (SSSR count). The van der Waals surface area contributed by atoms with Gasteiger partial charge in [-0.05, 0) is 196 Å². The third-order valence-corrected chi connectivity index (χ3v) is 21.4. The van der Waals surface area contributed by atoms with Crippen molar-refractivity contribution in [3.05, 3.63) is 407 Å². The van der Waals surface area contributed by atoms with Gasteiger partial charge in [-0.3, -0.25) is 0 Å². The molecule has 1 aromatic heterocycles. The molecule has 16 aromatic rings. The minimum Gasteiger partial charge on any atom is -0.454 e. The van der Waals surface area contributed by atoms with E-state index in [0.29, 0.717) is 0 Å². The molecule has 0 saturated carbocycles. The smallest absolute Gasteiger partial charge is 0.159 e. The molecule has 3 aliphatic rings. The Morgan fingerprint density at radius 2 is 0.708 bits per heavy atom. The van der Waals surface area contributed by atoms with Crippen LogP contribution in [0.5, 0.6) is 0 Å². The molecule has 0 fully saturated rings. The summed E-state index contributed by atoms with van der Waals surface area (Å²) >= 11 is 0. The average molecular weight is 1230 g/mol. The van der Waals surface area contributed by atoms with Gasteiger partial charge in [-0.15, -0.1) is 0 Å². The number of benzene rings is 15. The summed E-state index contributed by atoms with van der Waals surface area (Å²) in [5, 5.41) is 4.50. The van der Waals surface area contributed by atoms with Crippen LogP contribution in [0.1, 0.15) is 69.5 Å². The highest BCUT2D eigenvalue weighted by molar-refractivity contribution is 6.14. The first-order chi connectivity index (χ1) is 47.3. The maximum Gasteiger partial charge on any atom is 0.159 e. The molecular formula is C93H64N2O. The van der Waals surface area contributed by atoms with Crippen LogP contribution in [0.25, 0.3) is 77.2 Å². The number of hydrogen-bond donors (Lipinski definition) is 0. The van der Waals surface area contributed by atoms with Gasteiger partial charge < -0.3 is 14.2 Å². The maximum absolute atomic E-state index is 7.47. The Bertz CT molecular complexity index is 5720. The van der Waals surface area contributed by atoms with Gasteiger partial charge in [-0.25, -0.2) is 0 Å². The van der Waals surface area contributed by atoms with Gasteiger partial charge in [-0.2, -0.15) is 0 Å². The van der Waals surface area contributed by atoms with E-state index in [4.69, 9.17) is 4.42 Å². The van der Waals surface area contributed by atoms with Crippen molar-refractivity contribution in [3.63, 3.8) is 0 Å². The van der Waals surface area contributed by atoms with Crippen molar-refractivity contribution in [2.45, 2.75) is 30.1 Å². The van der Waals surface area contributed by atoms with Crippen LogP contribution in [-0.4, -0.2) is 0 Å². The average Bonchev–Trinajstić information content (AvgIpc) is 1.53. The second kappa shape index (κ2) is 21.5. The highest BCUT2D eigenvalue weighted by Gasteiger charge is 2.48. The van der Waals surface area contributed by atoms with Crippen molar-refractivity contribution in [1.29, 1.82) is 0 Å². The zero-order valence-electron chi connectivity index (χ0n) is 53.3. The van der Waals surface area contributed by atoms with E-state index < -0.39 is 10.8 Å². The van der Waals surface area contributed by atoms with Crippen LogP contribution < -0.4 is 9.80 Å².